The average Bonchev–Trinajstić information content (AvgIpc) is 2.82. The molecule has 3 aromatic carbocycles. The number of nitrogens with zero attached hydrogens (tertiary/aromatic N) is 1. The molecule has 0 bridgehead atoms. The maximum atomic E-state index is 13.4. The number of rotatable bonds is 10. The molecule has 0 radical (unpaired) electrons. The van der Waals surface area contributed by atoms with E-state index >= 15 is 0 Å². The Bertz CT molecular complexity index is 1090. The third kappa shape index (κ3) is 5.80. The monoisotopic (exact) mass is 456 g/mol. The molecular weight excluding hydrogens is 420 g/mol. The quantitative estimate of drug-likeness (QED) is 0.336. The SMILES string of the molecule is CCCCc1cc(CCC(=O)N(c2ccc(Nc3ccccc3)cc2)C2CCC2)cc(C)c1O. The van der Waals surface area contributed by atoms with Gasteiger partial charge < -0.3 is 15.3 Å². The maximum absolute atomic E-state index is 13.4. The van der Waals surface area contributed by atoms with Crippen molar-refractivity contribution in [3.05, 3.63) is 83.4 Å². The maximum Gasteiger partial charge on any atom is 0.227 e. The minimum Gasteiger partial charge on any atom is -0.507 e. The molecule has 1 fully saturated rings. The van der Waals surface area contributed by atoms with E-state index in [2.05, 4.69) is 30.4 Å². The molecule has 1 amide bonds. The molecule has 0 saturated heterocycles. The molecule has 4 heteroatoms. The zero-order valence-electron chi connectivity index (χ0n) is 20.4. The number of nitrogens with one attached hydrogen (secondary N) is 1. The van der Waals surface area contributed by atoms with Gasteiger partial charge in [0.05, 0.1) is 0 Å². The van der Waals surface area contributed by atoms with Crippen LogP contribution in [0, 0.1) is 6.92 Å². The van der Waals surface area contributed by atoms with Crippen LogP contribution in [0.3, 0.4) is 0 Å². The number of phenolic OH excluding ortho intramolecular Hbond substituents is 1. The highest BCUT2D eigenvalue weighted by Gasteiger charge is 2.29. The average molecular weight is 457 g/mol. The number of amides is 1. The van der Waals surface area contributed by atoms with Crippen LogP contribution in [0.25, 0.3) is 0 Å². The lowest BCUT2D eigenvalue weighted by Gasteiger charge is -2.38. The first-order valence-electron chi connectivity index (χ1n) is 12.6. The molecular formula is C30H36N2O2. The number of unbranched alkanes of at least 4 members (excludes halogenated alkanes) is 1. The van der Waals surface area contributed by atoms with Crippen LogP contribution in [0.1, 0.15) is 62.1 Å². The molecule has 4 rings (SSSR count). The van der Waals surface area contributed by atoms with Gasteiger partial charge >= 0.3 is 0 Å². The van der Waals surface area contributed by atoms with Crippen LogP contribution in [0.15, 0.2) is 66.7 Å². The van der Waals surface area contributed by atoms with Gasteiger partial charge in [-0.25, -0.2) is 0 Å². The second-order valence-electron chi connectivity index (χ2n) is 9.41. The molecule has 4 nitrogen and oxygen atoms in total. The van der Waals surface area contributed by atoms with Gasteiger partial charge in [0.1, 0.15) is 5.75 Å². The van der Waals surface area contributed by atoms with Gasteiger partial charge in [0.2, 0.25) is 5.91 Å². The van der Waals surface area contributed by atoms with Crippen molar-refractivity contribution in [2.24, 2.45) is 0 Å². The van der Waals surface area contributed by atoms with Gasteiger partial charge in [0, 0.05) is 29.5 Å². The van der Waals surface area contributed by atoms with Gasteiger partial charge in [-0.15, -0.1) is 0 Å². The summed E-state index contributed by atoms with van der Waals surface area (Å²) in [6, 6.07) is 22.7. The van der Waals surface area contributed by atoms with E-state index in [0.29, 0.717) is 24.6 Å². The number of carbonyl (C=O) groups excluding carboxylic acids is 1. The summed E-state index contributed by atoms with van der Waals surface area (Å²) in [6.45, 7) is 4.10. The van der Waals surface area contributed by atoms with Crippen molar-refractivity contribution in [1.29, 1.82) is 0 Å². The predicted molar refractivity (Wildman–Crippen MR) is 141 cm³/mol. The van der Waals surface area contributed by atoms with E-state index in [-0.39, 0.29) is 5.91 Å². The Morgan fingerprint density at radius 2 is 1.71 bits per heavy atom. The number of aryl methyl sites for hydroxylation is 3. The number of carbonyl (C=O) groups is 1. The summed E-state index contributed by atoms with van der Waals surface area (Å²) in [4.78, 5) is 15.4. The molecule has 2 N–H and O–H groups in total. The fourth-order valence-electron chi connectivity index (χ4n) is 4.60. The van der Waals surface area contributed by atoms with Crippen LogP contribution in [-0.2, 0) is 17.6 Å². The normalized spacial score (nSPS) is 13.4. The van der Waals surface area contributed by atoms with Gasteiger partial charge in [-0.1, -0.05) is 43.7 Å². The Kier molecular flexibility index (Phi) is 7.89. The molecule has 0 spiro atoms. The summed E-state index contributed by atoms with van der Waals surface area (Å²) in [5.74, 6) is 0.582. The van der Waals surface area contributed by atoms with E-state index in [9.17, 15) is 9.90 Å². The zero-order valence-corrected chi connectivity index (χ0v) is 20.4. The number of para-hydroxylation sites is 1. The Morgan fingerprint density at radius 1 is 1.00 bits per heavy atom. The highest BCUT2D eigenvalue weighted by molar-refractivity contribution is 5.94. The van der Waals surface area contributed by atoms with Crippen molar-refractivity contribution in [1.82, 2.24) is 0 Å². The standard InChI is InChI=1S/C30H36N2O2/c1-3-4-9-24-21-23(20-22(2)30(24)34)14-19-29(33)32(27-12-8-13-27)28-17-15-26(16-18-28)31-25-10-6-5-7-11-25/h5-7,10-11,15-18,20-21,27,31,34H,3-4,8-9,12-14,19H2,1-2H3. The molecule has 34 heavy (non-hydrogen) atoms. The van der Waals surface area contributed by atoms with Crippen LogP contribution in [-0.4, -0.2) is 17.1 Å². The minimum atomic E-state index is 0.175. The number of hydrogen-bond acceptors (Lipinski definition) is 3. The first-order valence-corrected chi connectivity index (χ1v) is 12.6. The number of aromatic hydroxyl groups is 1. The van der Waals surface area contributed by atoms with Crippen LogP contribution < -0.4 is 10.2 Å². The summed E-state index contributed by atoms with van der Waals surface area (Å²) in [5.41, 5.74) is 6.06. The van der Waals surface area contributed by atoms with Crippen molar-refractivity contribution < 1.29 is 9.90 Å². The fourth-order valence-corrected chi connectivity index (χ4v) is 4.60. The first-order chi connectivity index (χ1) is 16.5. The van der Waals surface area contributed by atoms with E-state index in [1.54, 1.807) is 0 Å². The van der Waals surface area contributed by atoms with Crippen molar-refractivity contribution in [3.8, 4) is 5.75 Å². The van der Waals surface area contributed by atoms with Crippen molar-refractivity contribution in [3.63, 3.8) is 0 Å². The topological polar surface area (TPSA) is 52.6 Å². The summed E-state index contributed by atoms with van der Waals surface area (Å²) >= 11 is 0. The number of benzene rings is 3. The largest absolute Gasteiger partial charge is 0.507 e. The molecule has 1 saturated carbocycles. The number of hydrogen-bond donors (Lipinski definition) is 2. The Labute approximate surface area is 203 Å². The number of anilines is 3. The van der Waals surface area contributed by atoms with Gasteiger partial charge in [0.25, 0.3) is 0 Å². The predicted octanol–water partition coefficient (Wildman–Crippen LogP) is 7.31. The summed E-state index contributed by atoms with van der Waals surface area (Å²) < 4.78 is 0. The van der Waals surface area contributed by atoms with Crippen molar-refractivity contribution in [2.75, 3.05) is 10.2 Å². The molecule has 0 aromatic heterocycles. The van der Waals surface area contributed by atoms with Crippen LogP contribution >= 0.6 is 0 Å². The molecule has 0 unspecified atom stereocenters. The van der Waals surface area contributed by atoms with Gasteiger partial charge in [-0.3, -0.25) is 4.79 Å². The van der Waals surface area contributed by atoms with E-state index in [1.807, 2.05) is 60.4 Å². The smallest absolute Gasteiger partial charge is 0.227 e. The Hall–Kier alpha value is -3.27. The highest BCUT2D eigenvalue weighted by Crippen LogP contribution is 2.32. The summed E-state index contributed by atoms with van der Waals surface area (Å²) in [5, 5.41) is 13.8. The minimum absolute atomic E-state index is 0.175. The molecule has 0 aliphatic heterocycles. The molecule has 1 aliphatic rings. The van der Waals surface area contributed by atoms with Crippen LogP contribution in [0.5, 0.6) is 5.75 Å². The van der Waals surface area contributed by atoms with Crippen LogP contribution in [0.4, 0.5) is 17.1 Å². The first kappa shape index (κ1) is 23.9. The van der Waals surface area contributed by atoms with Crippen molar-refractivity contribution >= 4 is 23.0 Å². The van der Waals surface area contributed by atoms with Gasteiger partial charge in [-0.2, -0.15) is 0 Å². The third-order valence-electron chi connectivity index (χ3n) is 6.78. The number of phenols is 1. The van der Waals surface area contributed by atoms with E-state index in [4.69, 9.17) is 0 Å². The molecule has 1 aliphatic carbocycles. The molecule has 3 aromatic rings. The third-order valence-corrected chi connectivity index (χ3v) is 6.78. The lowest BCUT2D eigenvalue weighted by atomic mass is 9.90. The van der Waals surface area contributed by atoms with Crippen molar-refractivity contribution in [2.45, 2.75) is 71.3 Å². The highest BCUT2D eigenvalue weighted by atomic mass is 16.3. The Morgan fingerprint density at radius 3 is 2.35 bits per heavy atom. The van der Waals surface area contributed by atoms with Gasteiger partial charge in [0.15, 0.2) is 0 Å². The van der Waals surface area contributed by atoms with Crippen LogP contribution in [0.2, 0.25) is 0 Å². The Balaban J connectivity index is 1.45. The molecule has 0 atom stereocenters. The lowest BCUT2D eigenvalue weighted by molar-refractivity contribution is -0.119. The van der Waals surface area contributed by atoms with E-state index < -0.39 is 0 Å². The molecule has 178 valence electrons. The molecule has 0 heterocycles. The summed E-state index contributed by atoms with van der Waals surface area (Å²) in [6.07, 6.45) is 7.50. The summed E-state index contributed by atoms with van der Waals surface area (Å²) in [7, 11) is 0. The lowest BCUT2D eigenvalue weighted by Crippen LogP contribution is -2.44. The van der Waals surface area contributed by atoms with E-state index in [1.165, 1.54) is 6.42 Å². The second-order valence-corrected chi connectivity index (χ2v) is 9.41. The van der Waals surface area contributed by atoms with Gasteiger partial charge in [-0.05, 0) is 98.5 Å². The zero-order chi connectivity index (χ0) is 23.9. The second kappa shape index (κ2) is 11.2. The fraction of sp³-hybridized carbons (Fsp3) is 0.367. The van der Waals surface area contributed by atoms with E-state index in [0.717, 1.165) is 65.9 Å².